The van der Waals surface area contributed by atoms with Crippen LogP contribution < -0.4 is 5.32 Å². The second kappa shape index (κ2) is 4.84. The molecule has 0 aromatic heterocycles. The van der Waals surface area contributed by atoms with E-state index in [1.54, 1.807) is 0 Å². The van der Waals surface area contributed by atoms with Crippen LogP contribution in [0, 0.1) is 5.92 Å². The monoisotopic (exact) mass is 135 g/mol. The van der Waals surface area contributed by atoms with Gasteiger partial charge in [-0.15, -0.1) is 0 Å². The Bertz CT molecular complexity index is 85.7. The first kappa shape index (κ1) is 10.1. The van der Waals surface area contributed by atoms with Gasteiger partial charge >= 0.3 is 0 Å². The van der Waals surface area contributed by atoms with Crippen molar-refractivity contribution in [1.82, 2.24) is 5.32 Å². The average molecular weight is 135 g/mol. The molecule has 1 N–H and O–H groups in total. The predicted octanol–water partition coefficient (Wildman–Crippen LogP) is 0.704. The van der Waals surface area contributed by atoms with E-state index < -0.39 is 0 Å². The largest absolute Gasteiger partial charge is 0.323 e. The minimum atomic E-state index is 0.0324. The summed E-state index contributed by atoms with van der Waals surface area (Å²) < 4.78 is 0. The molecule has 3 unspecified atom stereocenters. The van der Waals surface area contributed by atoms with E-state index in [-0.39, 0.29) is 11.8 Å². The van der Waals surface area contributed by atoms with Crippen LogP contribution in [0.3, 0.4) is 0 Å². The molecule has 0 aliphatic heterocycles. The Balaban J connectivity index is 3.58. The van der Waals surface area contributed by atoms with Gasteiger partial charge in [0.15, 0.2) is 0 Å². The first-order valence-corrected chi connectivity index (χ1v) is 3.84. The molecule has 0 spiro atoms. The van der Waals surface area contributed by atoms with E-state index >= 15 is 0 Å². The smallest absolute Gasteiger partial charge is 0.0910 e. The maximum Gasteiger partial charge on any atom is 0.0910 e. The van der Waals surface area contributed by atoms with E-state index in [2.05, 4.69) is 12.2 Å². The highest BCUT2D eigenvalue weighted by Gasteiger charge is 2.12. The van der Waals surface area contributed by atoms with Crippen molar-refractivity contribution < 1.29 is 0 Å². The van der Waals surface area contributed by atoms with Gasteiger partial charge in [-0.1, -0.05) is 26.6 Å². The van der Waals surface area contributed by atoms with Crippen LogP contribution in [0.15, 0.2) is 0 Å². The van der Waals surface area contributed by atoms with Gasteiger partial charge in [0.1, 0.15) is 0 Å². The Morgan fingerprint density at radius 3 is 2.10 bits per heavy atom. The second-order valence-corrected chi connectivity index (χ2v) is 2.80. The van der Waals surface area contributed by atoms with Gasteiger partial charge in [0.05, 0.1) is 15.7 Å². The average Bonchev–Trinajstić information content (AvgIpc) is 1.87. The van der Waals surface area contributed by atoms with Crippen LogP contribution in [0.2, 0.25) is 5.82 Å². The van der Waals surface area contributed by atoms with Crippen LogP contribution in [-0.2, 0) is 0 Å². The molecular formula is C7H15B2N. The lowest BCUT2D eigenvalue weighted by molar-refractivity contribution is 0.467. The van der Waals surface area contributed by atoms with Gasteiger partial charge in [0, 0.05) is 0 Å². The molecular weight excluding hydrogens is 120 g/mol. The molecule has 0 fully saturated rings. The van der Waals surface area contributed by atoms with Crippen molar-refractivity contribution in [1.29, 1.82) is 0 Å². The van der Waals surface area contributed by atoms with E-state index in [0.29, 0.717) is 5.92 Å². The van der Waals surface area contributed by atoms with E-state index in [1.807, 2.05) is 13.8 Å². The van der Waals surface area contributed by atoms with Crippen molar-refractivity contribution >= 4 is 15.7 Å². The molecule has 54 valence electrons. The molecule has 0 heterocycles. The SMILES string of the molecule is [B]C(C)C(C)C([B])NCC. The fourth-order valence-electron chi connectivity index (χ4n) is 0.749. The third-order valence-corrected chi connectivity index (χ3v) is 1.84. The summed E-state index contributed by atoms with van der Waals surface area (Å²) in [5, 5.41) is 3.12. The number of rotatable bonds is 4. The zero-order valence-electron chi connectivity index (χ0n) is 7.09. The molecule has 0 saturated carbocycles. The first-order valence-electron chi connectivity index (χ1n) is 3.84. The standard InChI is InChI=1S/C7H15B2N/c1-4-10-7(9)5(2)6(3)8/h5-7,10H,4H2,1-3H3. The lowest BCUT2D eigenvalue weighted by atomic mass is 9.70. The second-order valence-electron chi connectivity index (χ2n) is 2.80. The van der Waals surface area contributed by atoms with Crippen molar-refractivity contribution in [3.8, 4) is 0 Å². The van der Waals surface area contributed by atoms with Crippen molar-refractivity contribution in [3.63, 3.8) is 0 Å². The quantitative estimate of drug-likeness (QED) is 0.559. The number of hydrogen-bond donors (Lipinski definition) is 1. The molecule has 0 aliphatic carbocycles. The van der Waals surface area contributed by atoms with Crippen LogP contribution in [0.4, 0.5) is 0 Å². The Labute approximate surface area is 66.8 Å². The summed E-state index contributed by atoms with van der Waals surface area (Å²) in [7, 11) is 11.4. The zero-order valence-corrected chi connectivity index (χ0v) is 7.09. The van der Waals surface area contributed by atoms with Crippen molar-refractivity contribution in [3.05, 3.63) is 0 Å². The third-order valence-electron chi connectivity index (χ3n) is 1.84. The highest BCUT2D eigenvalue weighted by Crippen LogP contribution is 2.14. The van der Waals surface area contributed by atoms with Crippen LogP contribution >= 0.6 is 0 Å². The lowest BCUT2D eigenvalue weighted by Crippen LogP contribution is -2.36. The first-order chi connectivity index (χ1) is 4.59. The molecule has 0 saturated heterocycles. The van der Waals surface area contributed by atoms with Crippen molar-refractivity contribution in [2.75, 3.05) is 6.54 Å². The summed E-state index contributed by atoms with van der Waals surface area (Å²) in [5.41, 5.74) is 0. The lowest BCUT2D eigenvalue weighted by Gasteiger charge is -2.24. The highest BCUT2D eigenvalue weighted by atomic mass is 14.9. The van der Waals surface area contributed by atoms with Gasteiger partial charge in [0.2, 0.25) is 0 Å². The Morgan fingerprint density at radius 2 is 1.80 bits per heavy atom. The summed E-state index contributed by atoms with van der Waals surface area (Å²) in [4.78, 5) is 0. The molecule has 10 heavy (non-hydrogen) atoms. The van der Waals surface area contributed by atoms with Gasteiger partial charge in [-0.3, -0.25) is 0 Å². The summed E-state index contributed by atoms with van der Waals surface area (Å²) in [5.74, 6) is 0.527. The van der Waals surface area contributed by atoms with Gasteiger partial charge in [-0.25, -0.2) is 0 Å². The maximum atomic E-state index is 5.74. The van der Waals surface area contributed by atoms with Gasteiger partial charge in [-0.2, -0.15) is 0 Å². The predicted molar refractivity (Wildman–Crippen MR) is 47.6 cm³/mol. The molecule has 0 aromatic rings. The Kier molecular flexibility index (Phi) is 4.88. The van der Waals surface area contributed by atoms with Gasteiger partial charge < -0.3 is 5.32 Å². The minimum Gasteiger partial charge on any atom is -0.323 e. The van der Waals surface area contributed by atoms with E-state index in [0.717, 1.165) is 6.54 Å². The van der Waals surface area contributed by atoms with Crippen LogP contribution in [0.25, 0.3) is 0 Å². The highest BCUT2D eigenvalue weighted by molar-refractivity contribution is 6.15. The molecule has 0 aliphatic rings. The van der Waals surface area contributed by atoms with E-state index in [4.69, 9.17) is 15.7 Å². The van der Waals surface area contributed by atoms with Crippen LogP contribution in [-0.4, -0.2) is 28.2 Å². The molecule has 0 bridgehead atoms. The Hall–Kier alpha value is 0.0899. The maximum absolute atomic E-state index is 5.74. The fourth-order valence-corrected chi connectivity index (χ4v) is 0.749. The summed E-state index contributed by atoms with van der Waals surface area (Å²) in [6.07, 6.45) is 0. The zero-order chi connectivity index (χ0) is 8.15. The topological polar surface area (TPSA) is 12.0 Å². The Morgan fingerprint density at radius 1 is 1.30 bits per heavy atom. The molecule has 3 heteroatoms. The molecule has 4 radical (unpaired) electrons. The molecule has 0 rings (SSSR count). The minimum absolute atomic E-state index is 0.0324. The van der Waals surface area contributed by atoms with Gasteiger partial charge in [0.25, 0.3) is 0 Å². The summed E-state index contributed by atoms with van der Waals surface area (Å²) in [6, 6.07) is 0. The fraction of sp³-hybridized carbons (Fsp3) is 1.00. The van der Waals surface area contributed by atoms with Crippen LogP contribution in [0.1, 0.15) is 20.8 Å². The molecule has 0 amide bonds. The van der Waals surface area contributed by atoms with Crippen molar-refractivity contribution in [2.45, 2.75) is 32.5 Å². The third kappa shape index (κ3) is 3.31. The molecule has 0 aromatic carbocycles. The normalized spacial score (nSPS) is 19.9. The molecule has 1 nitrogen and oxygen atoms in total. The number of hydrogen-bond acceptors (Lipinski definition) is 1. The summed E-state index contributed by atoms with van der Waals surface area (Å²) >= 11 is 0. The summed E-state index contributed by atoms with van der Waals surface area (Å²) in [6.45, 7) is 6.96. The van der Waals surface area contributed by atoms with Crippen molar-refractivity contribution in [2.24, 2.45) is 5.92 Å². The van der Waals surface area contributed by atoms with Crippen LogP contribution in [0.5, 0.6) is 0 Å². The van der Waals surface area contributed by atoms with Gasteiger partial charge in [-0.05, 0) is 18.4 Å². The van der Waals surface area contributed by atoms with E-state index in [9.17, 15) is 0 Å². The molecule has 3 atom stereocenters. The van der Waals surface area contributed by atoms with E-state index in [1.165, 1.54) is 0 Å². The number of nitrogens with one attached hydrogen (secondary N) is 1.